The van der Waals surface area contributed by atoms with Crippen molar-refractivity contribution in [2.75, 3.05) is 0 Å². The average molecular weight is 410 g/mol. The molecule has 1 aromatic heterocycles. The Hall–Kier alpha value is -2.56. The summed E-state index contributed by atoms with van der Waals surface area (Å²) in [6.07, 6.45) is -9.84. The molecule has 11 heteroatoms. The number of H-pyrrole nitrogens is 1. The predicted octanol–water partition coefficient (Wildman–Crippen LogP) is 4.04. The lowest BCUT2D eigenvalue weighted by Crippen LogP contribution is -2.53. The van der Waals surface area contributed by atoms with E-state index in [9.17, 15) is 36.2 Å². The Kier molecular flexibility index (Phi) is 5.79. The number of nitrogens with zero attached hydrogens (tertiary/aromatic N) is 1. The van der Waals surface area contributed by atoms with Gasteiger partial charge in [-0.3, -0.25) is 4.79 Å². The van der Waals surface area contributed by atoms with Crippen molar-refractivity contribution in [3.8, 4) is 11.4 Å². The maximum absolute atomic E-state index is 12.9. The molecule has 28 heavy (non-hydrogen) atoms. The number of aromatic amines is 1. The molecule has 5 nitrogen and oxygen atoms in total. The van der Waals surface area contributed by atoms with E-state index in [1.165, 1.54) is 13.1 Å². The van der Waals surface area contributed by atoms with Gasteiger partial charge in [0.1, 0.15) is 5.82 Å². The highest BCUT2D eigenvalue weighted by Crippen LogP contribution is 2.50. The summed E-state index contributed by atoms with van der Waals surface area (Å²) < 4.78 is 77.3. The van der Waals surface area contributed by atoms with Crippen molar-refractivity contribution in [1.82, 2.24) is 9.97 Å². The van der Waals surface area contributed by atoms with E-state index < -0.39 is 35.4 Å². The van der Waals surface area contributed by atoms with Crippen molar-refractivity contribution in [2.45, 2.75) is 37.7 Å². The van der Waals surface area contributed by atoms with Crippen LogP contribution in [0, 0.1) is 5.92 Å². The van der Waals surface area contributed by atoms with Crippen LogP contribution in [0.15, 0.2) is 30.5 Å². The first kappa shape index (κ1) is 21.7. The van der Waals surface area contributed by atoms with E-state index in [1.54, 1.807) is 0 Å². The normalized spacial score (nSPS) is 14.1. The van der Waals surface area contributed by atoms with E-state index in [-0.39, 0.29) is 11.4 Å². The zero-order valence-electron chi connectivity index (χ0n) is 14.4. The molecule has 0 spiro atoms. The molecule has 0 aliphatic heterocycles. The highest BCUT2D eigenvalue weighted by Gasteiger charge is 2.71. The Labute approximate surface area is 155 Å². The minimum absolute atomic E-state index is 0.187. The number of carboxylic acid groups (broad SMARTS) is 1. The number of carbonyl (C=O) groups is 1. The Bertz CT molecular complexity index is 813. The number of aryl methyl sites for hydroxylation is 1. The summed E-state index contributed by atoms with van der Waals surface area (Å²) in [5.41, 5.74) is -5.58. The molecule has 0 saturated heterocycles. The van der Waals surface area contributed by atoms with Gasteiger partial charge in [0.15, 0.2) is 0 Å². The molecule has 0 amide bonds. The summed E-state index contributed by atoms with van der Waals surface area (Å²) >= 11 is 0. The van der Waals surface area contributed by atoms with Gasteiger partial charge in [0.05, 0.1) is 5.92 Å². The number of alkyl halides is 6. The Morgan fingerprint density at radius 3 is 2.11 bits per heavy atom. The lowest BCUT2D eigenvalue weighted by Gasteiger charge is -2.32. The topological polar surface area (TPSA) is 86.2 Å². The standard InChI is InChI=1S/C17H16F6N2O3/c1-9(14(26)27)2-7-12-8-24-13(25-12)10-3-5-11(6-4-10)15(28,16(18,19)20)17(21,22)23/h3-6,8-9,28H,2,7H2,1H3,(H,24,25)(H,26,27). The molecule has 2 aromatic rings. The smallest absolute Gasteiger partial charge is 0.430 e. The molecule has 0 fully saturated rings. The fraction of sp³-hybridized carbons (Fsp3) is 0.412. The van der Waals surface area contributed by atoms with Crippen LogP contribution in [0.2, 0.25) is 0 Å². The van der Waals surface area contributed by atoms with E-state index in [4.69, 9.17) is 5.11 Å². The van der Waals surface area contributed by atoms with Gasteiger partial charge in [-0.2, -0.15) is 26.3 Å². The third-order valence-corrected chi connectivity index (χ3v) is 4.29. The third-order valence-electron chi connectivity index (χ3n) is 4.29. The first-order valence-corrected chi connectivity index (χ1v) is 8.00. The lowest BCUT2D eigenvalue weighted by atomic mass is 9.91. The van der Waals surface area contributed by atoms with Gasteiger partial charge in [-0.1, -0.05) is 31.2 Å². The van der Waals surface area contributed by atoms with Gasteiger partial charge in [-0.15, -0.1) is 0 Å². The number of carboxylic acids is 1. The van der Waals surface area contributed by atoms with Crippen LogP contribution >= 0.6 is 0 Å². The van der Waals surface area contributed by atoms with E-state index >= 15 is 0 Å². The van der Waals surface area contributed by atoms with E-state index in [1.807, 2.05) is 0 Å². The number of aliphatic hydroxyl groups is 1. The number of hydrogen-bond donors (Lipinski definition) is 3. The number of rotatable bonds is 6. The summed E-state index contributed by atoms with van der Waals surface area (Å²) in [6.45, 7) is 1.53. The number of benzene rings is 1. The molecule has 1 aromatic carbocycles. The maximum Gasteiger partial charge on any atom is 0.430 e. The van der Waals surface area contributed by atoms with Crippen LogP contribution < -0.4 is 0 Å². The summed E-state index contributed by atoms with van der Waals surface area (Å²) in [5.74, 6) is -1.36. The summed E-state index contributed by atoms with van der Waals surface area (Å²) in [4.78, 5) is 17.6. The highest BCUT2D eigenvalue weighted by atomic mass is 19.4. The molecule has 3 N–H and O–H groups in total. The predicted molar refractivity (Wildman–Crippen MR) is 85.2 cm³/mol. The molecule has 0 aliphatic rings. The molecule has 0 saturated carbocycles. The lowest BCUT2D eigenvalue weighted by molar-refractivity contribution is -0.376. The molecular formula is C17H16F6N2O3. The fourth-order valence-corrected chi connectivity index (χ4v) is 2.49. The monoisotopic (exact) mass is 410 g/mol. The number of aromatic nitrogens is 2. The fourth-order valence-electron chi connectivity index (χ4n) is 2.49. The van der Waals surface area contributed by atoms with Crippen molar-refractivity contribution in [3.63, 3.8) is 0 Å². The second-order valence-electron chi connectivity index (χ2n) is 6.32. The van der Waals surface area contributed by atoms with E-state index in [0.717, 1.165) is 12.1 Å². The largest absolute Gasteiger partial charge is 0.481 e. The average Bonchev–Trinajstić information content (AvgIpc) is 3.06. The van der Waals surface area contributed by atoms with Gasteiger partial charge in [0.25, 0.3) is 5.60 Å². The number of aliphatic carboxylic acids is 1. The Balaban J connectivity index is 2.24. The summed E-state index contributed by atoms with van der Waals surface area (Å²) in [6, 6.07) is 3.01. The first-order valence-electron chi connectivity index (χ1n) is 8.00. The Morgan fingerprint density at radius 1 is 1.11 bits per heavy atom. The van der Waals surface area contributed by atoms with Gasteiger partial charge >= 0.3 is 18.3 Å². The van der Waals surface area contributed by atoms with Gasteiger partial charge < -0.3 is 15.2 Å². The van der Waals surface area contributed by atoms with Crippen molar-refractivity contribution in [2.24, 2.45) is 5.92 Å². The van der Waals surface area contributed by atoms with Gasteiger partial charge in [-0.05, 0) is 12.8 Å². The number of nitrogens with one attached hydrogen (secondary N) is 1. The second-order valence-corrected chi connectivity index (χ2v) is 6.32. The van der Waals surface area contributed by atoms with Crippen molar-refractivity contribution in [1.29, 1.82) is 0 Å². The van der Waals surface area contributed by atoms with E-state index in [2.05, 4.69) is 9.97 Å². The summed E-state index contributed by atoms with van der Waals surface area (Å²) in [7, 11) is 0. The van der Waals surface area contributed by atoms with Crippen LogP contribution in [0.25, 0.3) is 11.4 Å². The zero-order chi connectivity index (χ0) is 21.3. The molecular weight excluding hydrogens is 394 g/mol. The van der Waals surface area contributed by atoms with Crippen LogP contribution in [0.3, 0.4) is 0 Å². The van der Waals surface area contributed by atoms with Gasteiger partial charge in [0, 0.05) is 23.0 Å². The molecule has 154 valence electrons. The van der Waals surface area contributed by atoms with Crippen LogP contribution in [0.4, 0.5) is 26.3 Å². The highest BCUT2D eigenvalue weighted by molar-refractivity contribution is 5.69. The van der Waals surface area contributed by atoms with Crippen molar-refractivity contribution >= 4 is 5.97 Å². The second kappa shape index (κ2) is 7.46. The molecule has 1 atom stereocenters. The van der Waals surface area contributed by atoms with Crippen molar-refractivity contribution < 1.29 is 41.4 Å². The number of imidazole rings is 1. The summed E-state index contributed by atoms with van der Waals surface area (Å²) in [5, 5.41) is 18.2. The third kappa shape index (κ3) is 4.13. The van der Waals surface area contributed by atoms with Crippen LogP contribution in [-0.2, 0) is 16.8 Å². The minimum Gasteiger partial charge on any atom is -0.481 e. The molecule has 1 unspecified atom stereocenters. The van der Waals surface area contributed by atoms with Gasteiger partial charge in [-0.25, -0.2) is 4.98 Å². The van der Waals surface area contributed by atoms with Crippen molar-refractivity contribution in [3.05, 3.63) is 41.7 Å². The zero-order valence-corrected chi connectivity index (χ0v) is 14.4. The first-order chi connectivity index (χ1) is 12.8. The Morgan fingerprint density at radius 2 is 1.64 bits per heavy atom. The minimum atomic E-state index is -5.95. The van der Waals surface area contributed by atoms with Crippen LogP contribution in [0.1, 0.15) is 24.6 Å². The quantitative estimate of drug-likeness (QED) is 0.628. The maximum atomic E-state index is 12.9. The molecule has 2 rings (SSSR count). The molecule has 1 heterocycles. The van der Waals surface area contributed by atoms with Crippen LogP contribution in [-0.4, -0.2) is 38.5 Å². The SMILES string of the molecule is CC(CCc1cnc(-c2ccc(C(O)(C(F)(F)F)C(F)(F)F)cc2)[nH]1)C(=O)O. The van der Waals surface area contributed by atoms with E-state index in [0.29, 0.717) is 30.7 Å². The molecule has 0 bridgehead atoms. The number of hydrogen-bond acceptors (Lipinski definition) is 3. The van der Waals surface area contributed by atoms with Gasteiger partial charge in [0.2, 0.25) is 0 Å². The molecule has 0 radical (unpaired) electrons. The van der Waals surface area contributed by atoms with Crippen LogP contribution in [0.5, 0.6) is 0 Å². The molecule has 0 aliphatic carbocycles. The number of halogens is 6.